The number of terminal acetylenes is 1. The van der Waals surface area contributed by atoms with Gasteiger partial charge in [-0.05, 0) is 13.8 Å². The zero-order chi connectivity index (χ0) is 14.4. The topological polar surface area (TPSA) is 72.4 Å². The first-order valence-corrected chi connectivity index (χ1v) is 6.68. The predicted molar refractivity (Wildman–Crippen MR) is 75.9 cm³/mol. The second-order valence-electron chi connectivity index (χ2n) is 4.30. The molecule has 1 aromatic rings. The summed E-state index contributed by atoms with van der Waals surface area (Å²) in [6.45, 7) is 7.29. The first kappa shape index (κ1) is 14.3. The minimum Gasteiger partial charge on any atom is -0.447 e. The summed E-state index contributed by atoms with van der Waals surface area (Å²) in [7, 11) is 0. The average molecular weight is 277 g/mol. The fourth-order valence-corrected chi connectivity index (χ4v) is 1.73. The van der Waals surface area contributed by atoms with Gasteiger partial charge >= 0.3 is 6.01 Å². The number of morpholine rings is 1. The van der Waals surface area contributed by atoms with E-state index in [0.717, 1.165) is 19.6 Å². The Kier molecular flexibility index (Phi) is 4.96. The van der Waals surface area contributed by atoms with Crippen molar-refractivity contribution in [2.75, 3.05) is 43.1 Å². The van der Waals surface area contributed by atoms with Crippen molar-refractivity contribution < 1.29 is 9.47 Å². The highest BCUT2D eigenvalue weighted by Crippen LogP contribution is 2.16. The van der Waals surface area contributed by atoms with Crippen molar-refractivity contribution >= 4 is 11.9 Å². The van der Waals surface area contributed by atoms with Crippen molar-refractivity contribution in [2.45, 2.75) is 20.0 Å². The van der Waals surface area contributed by atoms with Crippen molar-refractivity contribution in [1.29, 1.82) is 0 Å². The summed E-state index contributed by atoms with van der Waals surface area (Å²) in [6, 6.07) is 0.239. The molecule has 1 N–H and O–H groups in total. The van der Waals surface area contributed by atoms with Gasteiger partial charge in [0.15, 0.2) is 6.10 Å². The minimum atomic E-state index is -0.385. The van der Waals surface area contributed by atoms with Crippen LogP contribution in [0.15, 0.2) is 0 Å². The van der Waals surface area contributed by atoms with Gasteiger partial charge in [-0.15, -0.1) is 6.42 Å². The number of ether oxygens (including phenoxy) is 2. The number of nitrogens with one attached hydrogen (secondary N) is 1. The molecule has 2 heterocycles. The summed E-state index contributed by atoms with van der Waals surface area (Å²) in [5.41, 5.74) is 0. The summed E-state index contributed by atoms with van der Waals surface area (Å²) < 4.78 is 10.8. The van der Waals surface area contributed by atoms with Crippen molar-refractivity contribution in [3.63, 3.8) is 0 Å². The van der Waals surface area contributed by atoms with Gasteiger partial charge in [0.25, 0.3) is 0 Å². The highest BCUT2D eigenvalue weighted by Gasteiger charge is 2.17. The van der Waals surface area contributed by atoms with Crippen LogP contribution in [0, 0.1) is 12.3 Å². The van der Waals surface area contributed by atoms with Crippen LogP contribution in [0.3, 0.4) is 0 Å². The molecule has 1 unspecified atom stereocenters. The molecule has 0 amide bonds. The first-order valence-electron chi connectivity index (χ1n) is 6.68. The van der Waals surface area contributed by atoms with Gasteiger partial charge in [-0.2, -0.15) is 15.0 Å². The zero-order valence-corrected chi connectivity index (χ0v) is 11.8. The van der Waals surface area contributed by atoms with Gasteiger partial charge in [-0.25, -0.2) is 0 Å². The molecule has 7 heteroatoms. The Balaban J connectivity index is 2.22. The van der Waals surface area contributed by atoms with Gasteiger partial charge in [0.05, 0.1) is 13.2 Å². The Morgan fingerprint density at radius 1 is 1.40 bits per heavy atom. The Hall–Kier alpha value is -2.07. The number of hydrogen-bond donors (Lipinski definition) is 1. The molecule has 1 aliphatic heterocycles. The number of anilines is 2. The third-order valence-electron chi connectivity index (χ3n) is 2.75. The van der Waals surface area contributed by atoms with E-state index >= 15 is 0 Å². The summed E-state index contributed by atoms with van der Waals surface area (Å²) >= 11 is 0. The quantitative estimate of drug-likeness (QED) is 0.787. The van der Waals surface area contributed by atoms with Gasteiger partial charge in [-0.1, -0.05) is 5.92 Å². The Bertz CT molecular complexity index is 482. The number of aromatic nitrogens is 3. The van der Waals surface area contributed by atoms with E-state index in [1.807, 2.05) is 11.8 Å². The summed E-state index contributed by atoms with van der Waals surface area (Å²) in [5, 5.41) is 3.07. The SMILES string of the molecule is C#CC(C)Oc1nc(NCC)nc(N2CCOCC2)n1. The van der Waals surface area contributed by atoms with Crippen molar-refractivity contribution in [3.05, 3.63) is 0 Å². The molecule has 0 aliphatic carbocycles. The van der Waals surface area contributed by atoms with Crippen LogP contribution in [-0.2, 0) is 4.74 Å². The van der Waals surface area contributed by atoms with Gasteiger partial charge < -0.3 is 19.7 Å². The third-order valence-corrected chi connectivity index (χ3v) is 2.75. The van der Waals surface area contributed by atoms with Crippen molar-refractivity contribution in [2.24, 2.45) is 0 Å². The third kappa shape index (κ3) is 3.71. The van der Waals surface area contributed by atoms with Crippen LogP contribution in [0.2, 0.25) is 0 Å². The lowest BCUT2D eigenvalue weighted by molar-refractivity contribution is 0.122. The Labute approximate surface area is 118 Å². The molecule has 0 bridgehead atoms. The molecule has 1 fully saturated rings. The highest BCUT2D eigenvalue weighted by atomic mass is 16.5. The molecular formula is C13H19N5O2. The lowest BCUT2D eigenvalue weighted by Gasteiger charge is -2.27. The second kappa shape index (κ2) is 6.91. The predicted octanol–water partition coefficient (Wildman–Crippen LogP) is 0.540. The molecule has 7 nitrogen and oxygen atoms in total. The van der Waals surface area contributed by atoms with E-state index in [2.05, 4.69) is 26.2 Å². The molecule has 0 saturated carbocycles. The fourth-order valence-electron chi connectivity index (χ4n) is 1.73. The van der Waals surface area contributed by atoms with E-state index in [1.54, 1.807) is 6.92 Å². The smallest absolute Gasteiger partial charge is 0.324 e. The standard InChI is InChI=1S/C13H19N5O2/c1-4-10(3)20-13-16-11(14-5-2)15-12(17-13)18-6-8-19-9-7-18/h1,10H,5-9H2,2-3H3,(H,14,15,16,17). The summed E-state index contributed by atoms with van der Waals surface area (Å²) in [5.74, 6) is 3.56. The largest absolute Gasteiger partial charge is 0.447 e. The molecule has 108 valence electrons. The van der Waals surface area contributed by atoms with Gasteiger partial charge in [-0.3, -0.25) is 0 Å². The van der Waals surface area contributed by atoms with Crippen LogP contribution in [0.4, 0.5) is 11.9 Å². The molecule has 1 aliphatic rings. The maximum Gasteiger partial charge on any atom is 0.324 e. The maximum atomic E-state index is 5.49. The molecule has 1 saturated heterocycles. The van der Waals surface area contributed by atoms with E-state index in [-0.39, 0.29) is 12.1 Å². The molecule has 1 atom stereocenters. The van der Waals surface area contributed by atoms with Crippen LogP contribution in [0.1, 0.15) is 13.8 Å². The average Bonchev–Trinajstić information content (AvgIpc) is 2.48. The van der Waals surface area contributed by atoms with Crippen LogP contribution < -0.4 is 15.0 Å². The van der Waals surface area contributed by atoms with E-state index < -0.39 is 0 Å². The van der Waals surface area contributed by atoms with E-state index in [1.165, 1.54) is 0 Å². The van der Waals surface area contributed by atoms with Gasteiger partial charge in [0, 0.05) is 19.6 Å². The van der Waals surface area contributed by atoms with Crippen LogP contribution in [0.25, 0.3) is 0 Å². The molecule has 0 aromatic carbocycles. The lowest BCUT2D eigenvalue weighted by atomic mass is 10.4. The number of rotatable bonds is 5. The van der Waals surface area contributed by atoms with Crippen molar-refractivity contribution in [3.8, 4) is 18.4 Å². The molecule has 0 spiro atoms. The molecular weight excluding hydrogens is 258 g/mol. The van der Waals surface area contributed by atoms with Crippen LogP contribution in [-0.4, -0.2) is 53.9 Å². The number of hydrogen-bond acceptors (Lipinski definition) is 7. The van der Waals surface area contributed by atoms with Crippen LogP contribution >= 0.6 is 0 Å². The minimum absolute atomic E-state index is 0.239. The molecule has 0 radical (unpaired) electrons. The molecule has 2 rings (SSSR count). The Morgan fingerprint density at radius 3 is 2.80 bits per heavy atom. The van der Waals surface area contributed by atoms with E-state index in [9.17, 15) is 0 Å². The lowest BCUT2D eigenvalue weighted by Crippen LogP contribution is -2.37. The Morgan fingerprint density at radius 2 is 2.15 bits per heavy atom. The summed E-state index contributed by atoms with van der Waals surface area (Å²) in [6.07, 6.45) is 4.92. The monoisotopic (exact) mass is 277 g/mol. The first-order chi connectivity index (χ1) is 9.72. The molecule has 1 aromatic heterocycles. The van der Waals surface area contributed by atoms with Gasteiger partial charge in [0.2, 0.25) is 11.9 Å². The summed E-state index contributed by atoms with van der Waals surface area (Å²) in [4.78, 5) is 14.9. The van der Waals surface area contributed by atoms with Crippen molar-refractivity contribution in [1.82, 2.24) is 15.0 Å². The molecule has 20 heavy (non-hydrogen) atoms. The number of nitrogens with zero attached hydrogens (tertiary/aromatic N) is 4. The van der Waals surface area contributed by atoms with E-state index in [0.29, 0.717) is 25.1 Å². The fraction of sp³-hybridized carbons (Fsp3) is 0.615. The normalized spacial score (nSPS) is 16.4. The van der Waals surface area contributed by atoms with Crippen LogP contribution in [0.5, 0.6) is 6.01 Å². The van der Waals surface area contributed by atoms with E-state index in [4.69, 9.17) is 15.9 Å². The zero-order valence-electron chi connectivity index (χ0n) is 11.8. The highest BCUT2D eigenvalue weighted by molar-refractivity contribution is 5.38. The maximum absolute atomic E-state index is 5.49. The second-order valence-corrected chi connectivity index (χ2v) is 4.30. The van der Waals surface area contributed by atoms with Gasteiger partial charge in [0.1, 0.15) is 0 Å².